The first kappa shape index (κ1) is 9.93. The van der Waals surface area contributed by atoms with Gasteiger partial charge in [-0.25, -0.2) is 4.98 Å². The Morgan fingerprint density at radius 1 is 1.50 bits per heavy atom. The van der Waals surface area contributed by atoms with Crippen molar-refractivity contribution in [3.05, 3.63) is 48.0 Å². The first-order chi connectivity index (χ1) is 7.85. The molecular weight excluding hydrogens is 204 g/mol. The summed E-state index contributed by atoms with van der Waals surface area (Å²) in [5.41, 5.74) is 1.91. The molecule has 0 aliphatic carbocycles. The van der Waals surface area contributed by atoms with Gasteiger partial charge < -0.3 is 9.77 Å². The van der Waals surface area contributed by atoms with Gasteiger partial charge >= 0.3 is 0 Å². The molecule has 2 aromatic rings. The zero-order chi connectivity index (χ0) is 11.4. The Kier molecular flexibility index (Phi) is 2.65. The summed E-state index contributed by atoms with van der Waals surface area (Å²) in [6.07, 6.45) is 6.30. The lowest BCUT2D eigenvalue weighted by Gasteiger charge is -2.04. The fourth-order valence-corrected chi connectivity index (χ4v) is 1.42. The van der Waals surface area contributed by atoms with Crippen LogP contribution < -0.4 is 0 Å². The highest BCUT2D eigenvalue weighted by Gasteiger charge is 2.04. The molecular formula is C11H8N4O. The predicted octanol–water partition coefficient (Wildman–Crippen LogP) is 1.55. The number of benzene rings is 1. The molecule has 0 aliphatic rings. The van der Waals surface area contributed by atoms with E-state index in [0.717, 1.165) is 5.69 Å². The van der Waals surface area contributed by atoms with Gasteiger partial charge in [-0.1, -0.05) is 11.2 Å². The molecule has 5 heteroatoms. The first-order valence-corrected chi connectivity index (χ1v) is 4.55. The van der Waals surface area contributed by atoms with Crippen LogP contribution in [-0.2, 0) is 0 Å². The summed E-state index contributed by atoms with van der Waals surface area (Å²) in [5.74, 6) is 0. The van der Waals surface area contributed by atoms with Crippen molar-refractivity contribution in [2.75, 3.05) is 0 Å². The van der Waals surface area contributed by atoms with Crippen LogP contribution in [-0.4, -0.2) is 21.0 Å². The largest absolute Gasteiger partial charge is 0.411 e. The minimum Gasteiger partial charge on any atom is -0.411 e. The van der Waals surface area contributed by atoms with E-state index in [0.29, 0.717) is 11.1 Å². The van der Waals surface area contributed by atoms with Crippen LogP contribution in [0.2, 0.25) is 0 Å². The van der Waals surface area contributed by atoms with Crippen molar-refractivity contribution >= 4 is 6.21 Å². The summed E-state index contributed by atoms with van der Waals surface area (Å²) < 4.78 is 1.75. The molecule has 1 aromatic heterocycles. The minimum atomic E-state index is 0.496. The predicted molar refractivity (Wildman–Crippen MR) is 57.7 cm³/mol. The zero-order valence-corrected chi connectivity index (χ0v) is 8.28. The van der Waals surface area contributed by atoms with Crippen molar-refractivity contribution < 1.29 is 5.21 Å². The number of nitrogens with zero attached hydrogens (tertiary/aromatic N) is 4. The smallest absolute Gasteiger partial charge is 0.101 e. The van der Waals surface area contributed by atoms with Gasteiger partial charge in [0.05, 0.1) is 23.8 Å². The number of nitriles is 1. The monoisotopic (exact) mass is 212 g/mol. The highest BCUT2D eigenvalue weighted by Crippen LogP contribution is 2.14. The van der Waals surface area contributed by atoms with E-state index in [-0.39, 0.29) is 0 Å². The number of aromatic nitrogens is 2. The molecule has 0 saturated carbocycles. The zero-order valence-electron chi connectivity index (χ0n) is 8.28. The van der Waals surface area contributed by atoms with Crippen LogP contribution >= 0.6 is 0 Å². The van der Waals surface area contributed by atoms with E-state index in [1.165, 1.54) is 6.21 Å². The number of hydrogen-bond donors (Lipinski definition) is 1. The molecule has 0 saturated heterocycles. The third-order valence-electron chi connectivity index (χ3n) is 2.13. The Bertz CT molecular complexity index is 552. The highest BCUT2D eigenvalue weighted by atomic mass is 16.4. The van der Waals surface area contributed by atoms with Crippen LogP contribution in [0.15, 0.2) is 42.1 Å². The van der Waals surface area contributed by atoms with Crippen LogP contribution in [0.25, 0.3) is 5.69 Å². The second kappa shape index (κ2) is 4.28. The normalized spacial score (nSPS) is 10.4. The fraction of sp³-hybridized carbons (Fsp3) is 0. The SMILES string of the molecule is N#Cc1cc(/C=N/O)ccc1-n1ccnc1. The Labute approximate surface area is 91.9 Å². The quantitative estimate of drug-likeness (QED) is 0.466. The topological polar surface area (TPSA) is 74.2 Å². The molecule has 0 radical (unpaired) electrons. The van der Waals surface area contributed by atoms with Crippen molar-refractivity contribution in [2.45, 2.75) is 0 Å². The summed E-state index contributed by atoms with van der Waals surface area (Å²) in [5, 5.41) is 20.3. The molecule has 0 atom stereocenters. The molecule has 1 N–H and O–H groups in total. The molecule has 0 fully saturated rings. The van der Waals surface area contributed by atoms with Gasteiger partial charge in [-0.05, 0) is 17.7 Å². The van der Waals surface area contributed by atoms with Crippen molar-refractivity contribution in [3.8, 4) is 11.8 Å². The maximum Gasteiger partial charge on any atom is 0.101 e. The second-order valence-electron chi connectivity index (χ2n) is 3.10. The standard InChI is InChI=1S/C11H8N4O/c12-6-10-5-9(7-14-16)1-2-11(10)15-4-3-13-8-15/h1-5,7-8,16H/b14-7+. The Morgan fingerprint density at radius 3 is 3.00 bits per heavy atom. The number of rotatable bonds is 2. The molecule has 0 aliphatic heterocycles. The van der Waals surface area contributed by atoms with E-state index in [2.05, 4.69) is 16.2 Å². The van der Waals surface area contributed by atoms with Gasteiger partial charge in [0.2, 0.25) is 0 Å². The summed E-state index contributed by atoms with van der Waals surface area (Å²) in [7, 11) is 0. The van der Waals surface area contributed by atoms with Crippen LogP contribution in [0.1, 0.15) is 11.1 Å². The number of hydrogen-bond acceptors (Lipinski definition) is 4. The van der Waals surface area contributed by atoms with E-state index in [1.807, 2.05) is 0 Å². The minimum absolute atomic E-state index is 0.496. The average Bonchev–Trinajstić information content (AvgIpc) is 2.83. The lowest BCUT2D eigenvalue weighted by Crippen LogP contribution is -1.95. The molecule has 78 valence electrons. The van der Waals surface area contributed by atoms with Crippen LogP contribution in [0, 0.1) is 11.3 Å². The summed E-state index contributed by atoms with van der Waals surface area (Å²) in [6, 6.07) is 7.27. The van der Waals surface area contributed by atoms with E-state index < -0.39 is 0 Å². The van der Waals surface area contributed by atoms with Gasteiger partial charge in [-0.2, -0.15) is 5.26 Å². The molecule has 1 heterocycles. The summed E-state index contributed by atoms with van der Waals surface area (Å²) in [4.78, 5) is 3.92. The van der Waals surface area contributed by atoms with E-state index >= 15 is 0 Å². The third-order valence-corrected chi connectivity index (χ3v) is 2.13. The molecule has 16 heavy (non-hydrogen) atoms. The van der Waals surface area contributed by atoms with Crippen LogP contribution in [0.5, 0.6) is 0 Å². The van der Waals surface area contributed by atoms with Gasteiger partial charge in [0.15, 0.2) is 0 Å². The van der Waals surface area contributed by atoms with E-state index in [4.69, 9.17) is 10.5 Å². The number of imidazole rings is 1. The highest BCUT2D eigenvalue weighted by molar-refractivity contribution is 5.80. The van der Waals surface area contributed by atoms with Crippen molar-refractivity contribution in [1.29, 1.82) is 5.26 Å². The van der Waals surface area contributed by atoms with Gasteiger partial charge in [-0.15, -0.1) is 0 Å². The average molecular weight is 212 g/mol. The Morgan fingerprint density at radius 2 is 2.38 bits per heavy atom. The lowest BCUT2D eigenvalue weighted by molar-refractivity contribution is 0.322. The maximum absolute atomic E-state index is 9.02. The second-order valence-corrected chi connectivity index (χ2v) is 3.10. The Hall–Kier alpha value is -2.61. The molecule has 1 aromatic carbocycles. The van der Waals surface area contributed by atoms with Crippen molar-refractivity contribution in [2.24, 2.45) is 5.16 Å². The van der Waals surface area contributed by atoms with Gasteiger partial charge in [0.1, 0.15) is 6.07 Å². The third kappa shape index (κ3) is 1.77. The Balaban J connectivity index is 2.53. The van der Waals surface area contributed by atoms with Crippen molar-refractivity contribution in [1.82, 2.24) is 9.55 Å². The first-order valence-electron chi connectivity index (χ1n) is 4.55. The molecule has 5 nitrogen and oxygen atoms in total. The van der Waals surface area contributed by atoms with Gasteiger partial charge in [0.25, 0.3) is 0 Å². The van der Waals surface area contributed by atoms with Crippen LogP contribution in [0.4, 0.5) is 0 Å². The lowest BCUT2D eigenvalue weighted by atomic mass is 10.1. The fourth-order valence-electron chi connectivity index (χ4n) is 1.42. The molecule has 0 amide bonds. The van der Waals surface area contributed by atoms with Gasteiger partial charge in [-0.3, -0.25) is 0 Å². The maximum atomic E-state index is 9.02. The van der Waals surface area contributed by atoms with E-state index in [1.54, 1.807) is 41.5 Å². The molecule has 0 bridgehead atoms. The number of oxime groups is 1. The summed E-state index contributed by atoms with van der Waals surface area (Å²) in [6.45, 7) is 0. The van der Waals surface area contributed by atoms with Crippen molar-refractivity contribution in [3.63, 3.8) is 0 Å². The molecule has 0 spiro atoms. The molecule has 2 rings (SSSR count). The molecule has 0 unspecified atom stereocenters. The summed E-state index contributed by atoms with van der Waals surface area (Å²) >= 11 is 0. The van der Waals surface area contributed by atoms with Gasteiger partial charge in [0, 0.05) is 12.4 Å². The van der Waals surface area contributed by atoms with Crippen LogP contribution in [0.3, 0.4) is 0 Å². The van der Waals surface area contributed by atoms with E-state index in [9.17, 15) is 0 Å².